The highest BCUT2D eigenvalue weighted by molar-refractivity contribution is 7.99. The van der Waals surface area contributed by atoms with Crippen molar-refractivity contribution in [3.8, 4) is 0 Å². The minimum Gasteiger partial charge on any atom is -0.353 e. The Hall–Kier alpha value is -0.220. The van der Waals surface area contributed by atoms with Gasteiger partial charge in [0.25, 0.3) is 0 Å². The second-order valence-electron chi connectivity index (χ2n) is 5.10. The van der Waals surface area contributed by atoms with E-state index in [1.165, 1.54) is 38.5 Å². The average molecular weight is 272 g/mol. The third-order valence-corrected chi connectivity index (χ3v) is 4.24. The van der Waals surface area contributed by atoms with Crippen molar-refractivity contribution in [3.63, 3.8) is 0 Å². The minimum atomic E-state index is 0.221. The fourth-order valence-corrected chi connectivity index (χ4v) is 2.68. The quantitative estimate of drug-likeness (QED) is 0.568. The standard InChI is InChI=1S/C14H28N2OS/c1-3-9-15-12(4-2)6-5-10-18-11-14(17)16-13-7-8-13/h12-13,15H,3-11H2,1-2H3,(H,16,17). The largest absolute Gasteiger partial charge is 0.353 e. The summed E-state index contributed by atoms with van der Waals surface area (Å²) in [6.07, 6.45) is 7.19. The molecule has 0 radical (unpaired) electrons. The van der Waals surface area contributed by atoms with E-state index in [9.17, 15) is 4.79 Å². The van der Waals surface area contributed by atoms with Gasteiger partial charge in [0.2, 0.25) is 5.91 Å². The zero-order valence-corrected chi connectivity index (χ0v) is 12.7. The lowest BCUT2D eigenvalue weighted by Crippen LogP contribution is -2.29. The lowest BCUT2D eigenvalue weighted by atomic mass is 10.1. The van der Waals surface area contributed by atoms with Gasteiger partial charge in [-0.15, -0.1) is 0 Å². The molecule has 1 aliphatic rings. The monoisotopic (exact) mass is 272 g/mol. The highest BCUT2D eigenvalue weighted by Crippen LogP contribution is 2.18. The van der Waals surface area contributed by atoms with Crippen molar-refractivity contribution in [2.24, 2.45) is 0 Å². The first kappa shape index (κ1) is 15.8. The smallest absolute Gasteiger partial charge is 0.230 e. The predicted octanol–water partition coefficient (Wildman–Crippen LogP) is 2.56. The summed E-state index contributed by atoms with van der Waals surface area (Å²) in [5.74, 6) is 1.96. The van der Waals surface area contributed by atoms with Gasteiger partial charge in [-0.2, -0.15) is 11.8 Å². The van der Waals surface area contributed by atoms with Crippen LogP contribution in [0.5, 0.6) is 0 Å². The molecule has 2 N–H and O–H groups in total. The topological polar surface area (TPSA) is 41.1 Å². The van der Waals surface area contributed by atoms with Gasteiger partial charge >= 0.3 is 0 Å². The van der Waals surface area contributed by atoms with Gasteiger partial charge in [-0.1, -0.05) is 13.8 Å². The number of hydrogen-bond donors (Lipinski definition) is 2. The SMILES string of the molecule is CCCNC(CC)CCCSCC(=O)NC1CC1. The maximum atomic E-state index is 11.4. The van der Waals surface area contributed by atoms with E-state index in [2.05, 4.69) is 24.5 Å². The van der Waals surface area contributed by atoms with E-state index in [0.29, 0.717) is 17.8 Å². The number of carbonyl (C=O) groups excluding carboxylic acids is 1. The number of amides is 1. The maximum absolute atomic E-state index is 11.4. The van der Waals surface area contributed by atoms with E-state index >= 15 is 0 Å². The van der Waals surface area contributed by atoms with Crippen LogP contribution >= 0.6 is 11.8 Å². The Bertz CT molecular complexity index is 232. The van der Waals surface area contributed by atoms with Crippen LogP contribution in [0.15, 0.2) is 0 Å². The first-order chi connectivity index (χ1) is 8.76. The zero-order chi connectivity index (χ0) is 13.2. The van der Waals surface area contributed by atoms with Crippen molar-refractivity contribution in [1.29, 1.82) is 0 Å². The molecule has 1 fully saturated rings. The third kappa shape index (κ3) is 7.98. The summed E-state index contributed by atoms with van der Waals surface area (Å²) < 4.78 is 0. The van der Waals surface area contributed by atoms with Crippen LogP contribution in [0.4, 0.5) is 0 Å². The van der Waals surface area contributed by atoms with Crippen molar-refractivity contribution in [2.45, 2.75) is 64.5 Å². The summed E-state index contributed by atoms with van der Waals surface area (Å²) in [6.45, 7) is 5.56. The molecule has 0 saturated heterocycles. The van der Waals surface area contributed by atoms with Crippen molar-refractivity contribution in [3.05, 3.63) is 0 Å². The van der Waals surface area contributed by atoms with Crippen LogP contribution in [0.2, 0.25) is 0 Å². The molecule has 0 aromatic carbocycles. The predicted molar refractivity (Wildman–Crippen MR) is 80.1 cm³/mol. The van der Waals surface area contributed by atoms with Crippen LogP contribution in [-0.2, 0) is 4.79 Å². The Morgan fingerprint density at radius 2 is 2.17 bits per heavy atom. The lowest BCUT2D eigenvalue weighted by molar-refractivity contribution is -0.118. The zero-order valence-electron chi connectivity index (χ0n) is 11.8. The van der Waals surface area contributed by atoms with E-state index in [4.69, 9.17) is 0 Å². The van der Waals surface area contributed by atoms with Gasteiger partial charge in [0.1, 0.15) is 0 Å². The summed E-state index contributed by atoms with van der Waals surface area (Å²) in [6, 6.07) is 1.16. The van der Waals surface area contributed by atoms with Gasteiger partial charge in [0, 0.05) is 12.1 Å². The molecule has 0 aromatic heterocycles. The summed E-state index contributed by atoms with van der Waals surface area (Å²) >= 11 is 1.77. The van der Waals surface area contributed by atoms with E-state index in [1.54, 1.807) is 11.8 Å². The molecule has 3 nitrogen and oxygen atoms in total. The van der Waals surface area contributed by atoms with E-state index in [1.807, 2.05) is 0 Å². The van der Waals surface area contributed by atoms with E-state index in [0.717, 1.165) is 12.3 Å². The van der Waals surface area contributed by atoms with Gasteiger partial charge in [0.05, 0.1) is 5.75 Å². The van der Waals surface area contributed by atoms with Gasteiger partial charge in [-0.05, 0) is 50.8 Å². The molecule has 1 unspecified atom stereocenters. The molecule has 0 bridgehead atoms. The average Bonchev–Trinajstić information content (AvgIpc) is 3.16. The molecule has 106 valence electrons. The maximum Gasteiger partial charge on any atom is 0.230 e. The molecule has 18 heavy (non-hydrogen) atoms. The van der Waals surface area contributed by atoms with Crippen LogP contribution in [0.25, 0.3) is 0 Å². The molecule has 4 heteroatoms. The van der Waals surface area contributed by atoms with Gasteiger partial charge in [-0.25, -0.2) is 0 Å². The molecule has 0 aromatic rings. The minimum absolute atomic E-state index is 0.221. The van der Waals surface area contributed by atoms with E-state index in [-0.39, 0.29) is 5.91 Å². The lowest BCUT2D eigenvalue weighted by Gasteiger charge is -2.16. The van der Waals surface area contributed by atoms with Crippen LogP contribution in [0, 0.1) is 0 Å². The van der Waals surface area contributed by atoms with Crippen LogP contribution in [0.3, 0.4) is 0 Å². The first-order valence-electron chi connectivity index (χ1n) is 7.36. The second-order valence-corrected chi connectivity index (χ2v) is 6.20. The summed E-state index contributed by atoms with van der Waals surface area (Å²) in [7, 11) is 0. The van der Waals surface area contributed by atoms with Gasteiger partial charge in [0.15, 0.2) is 0 Å². The van der Waals surface area contributed by atoms with Crippen molar-refractivity contribution >= 4 is 17.7 Å². The Morgan fingerprint density at radius 3 is 2.78 bits per heavy atom. The van der Waals surface area contributed by atoms with E-state index < -0.39 is 0 Å². The van der Waals surface area contributed by atoms with Crippen molar-refractivity contribution in [1.82, 2.24) is 10.6 Å². The van der Waals surface area contributed by atoms with Crippen molar-refractivity contribution < 1.29 is 4.79 Å². The summed E-state index contributed by atoms with van der Waals surface area (Å²) in [5.41, 5.74) is 0. The third-order valence-electron chi connectivity index (χ3n) is 3.19. The molecular formula is C14H28N2OS. The van der Waals surface area contributed by atoms with Crippen LogP contribution in [0.1, 0.15) is 52.4 Å². The summed E-state index contributed by atoms with van der Waals surface area (Å²) in [5, 5.41) is 6.59. The molecule has 1 rings (SSSR count). The molecule has 1 saturated carbocycles. The number of hydrogen-bond acceptors (Lipinski definition) is 3. The fourth-order valence-electron chi connectivity index (χ4n) is 1.89. The van der Waals surface area contributed by atoms with Gasteiger partial charge < -0.3 is 10.6 Å². The number of nitrogens with one attached hydrogen (secondary N) is 2. The Morgan fingerprint density at radius 1 is 1.39 bits per heavy atom. The number of rotatable bonds is 11. The summed E-state index contributed by atoms with van der Waals surface area (Å²) in [4.78, 5) is 11.4. The Labute approximate surface area is 116 Å². The molecular weight excluding hydrogens is 244 g/mol. The second kappa shape index (κ2) is 9.68. The molecule has 0 aliphatic heterocycles. The molecule has 1 atom stereocenters. The highest BCUT2D eigenvalue weighted by Gasteiger charge is 2.22. The van der Waals surface area contributed by atoms with Crippen LogP contribution in [-0.4, -0.2) is 36.0 Å². The normalized spacial score (nSPS) is 16.6. The Balaban J connectivity index is 1.90. The van der Waals surface area contributed by atoms with Crippen molar-refractivity contribution in [2.75, 3.05) is 18.1 Å². The highest BCUT2D eigenvalue weighted by atomic mass is 32.2. The first-order valence-corrected chi connectivity index (χ1v) is 8.52. The Kier molecular flexibility index (Phi) is 8.51. The number of thioether (sulfide) groups is 1. The molecule has 1 amide bonds. The molecule has 0 heterocycles. The van der Waals surface area contributed by atoms with Gasteiger partial charge in [-0.3, -0.25) is 4.79 Å². The fraction of sp³-hybridized carbons (Fsp3) is 0.929. The number of carbonyl (C=O) groups is 1. The molecule has 1 aliphatic carbocycles. The van der Waals surface area contributed by atoms with Crippen LogP contribution < -0.4 is 10.6 Å². The molecule has 0 spiro atoms.